The molecule has 1 aliphatic carbocycles. The minimum Gasteiger partial charge on any atom is -0.361 e. The van der Waals surface area contributed by atoms with Gasteiger partial charge < -0.3 is 16.0 Å². The summed E-state index contributed by atoms with van der Waals surface area (Å²) in [5.41, 5.74) is 8.60. The second-order valence-corrected chi connectivity index (χ2v) is 6.90. The maximum atomic E-state index is 12.3. The Morgan fingerprint density at radius 1 is 1.35 bits per heavy atom. The molecule has 2 aromatic rings. The van der Waals surface area contributed by atoms with E-state index in [1.54, 1.807) is 0 Å². The first kappa shape index (κ1) is 17.8. The third-order valence-electron chi connectivity index (χ3n) is 5.18. The lowest BCUT2D eigenvalue weighted by Crippen LogP contribution is -2.44. The van der Waals surface area contributed by atoms with Gasteiger partial charge in [0.05, 0.1) is 6.04 Å². The molecule has 5 heteroatoms. The van der Waals surface area contributed by atoms with Gasteiger partial charge in [-0.05, 0) is 42.2 Å². The Kier molecular flexibility index (Phi) is 5.37. The largest absolute Gasteiger partial charge is 0.361 e. The Morgan fingerprint density at radius 2 is 2.04 bits per heavy atom. The zero-order valence-electron chi connectivity index (χ0n) is 13.8. The number of halogens is 1. The Morgan fingerprint density at radius 3 is 2.70 bits per heavy atom. The average molecular weight is 336 g/mol. The SMILES string of the molecule is CC(C)C1(CNC(=O)[C@@H](N)Cc2c[nH]c3ccccc23)CC1.Cl. The molecule has 3 rings (SSSR count). The van der Waals surface area contributed by atoms with Gasteiger partial charge in [0.25, 0.3) is 0 Å². The molecule has 1 saturated carbocycles. The van der Waals surface area contributed by atoms with Gasteiger partial charge in [0, 0.05) is 23.6 Å². The molecule has 126 valence electrons. The quantitative estimate of drug-likeness (QED) is 0.759. The van der Waals surface area contributed by atoms with Crippen LogP contribution in [-0.4, -0.2) is 23.5 Å². The predicted octanol–water partition coefficient (Wildman–Crippen LogP) is 3.01. The summed E-state index contributed by atoms with van der Waals surface area (Å²) in [7, 11) is 0. The number of H-pyrrole nitrogens is 1. The molecule has 1 heterocycles. The van der Waals surface area contributed by atoms with E-state index in [0.717, 1.165) is 23.0 Å². The van der Waals surface area contributed by atoms with Crippen LogP contribution in [0.1, 0.15) is 32.3 Å². The molecule has 0 saturated heterocycles. The first-order valence-corrected chi connectivity index (χ1v) is 8.10. The Labute approximate surface area is 143 Å². The van der Waals surface area contributed by atoms with Crippen molar-refractivity contribution in [2.45, 2.75) is 39.2 Å². The van der Waals surface area contributed by atoms with Crippen LogP contribution in [0, 0.1) is 11.3 Å². The van der Waals surface area contributed by atoms with E-state index >= 15 is 0 Å². The van der Waals surface area contributed by atoms with Crippen LogP contribution >= 0.6 is 12.4 Å². The molecule has 1 aromatic heterocycles. The number of fused-ring (bicyclic) bond motifs is 1. The monoisotopic (exact) mass is 335 g/mol. The molecule has 0 unspecified atom stereocenters. The number of amides is 1. The van der Waals surface area contributed by atoms with Crippen molar-refractivity contribution in [3.63, 3.8) is 0 Å². The van der Waals surface area contributed by atoms with Crippen LogP contribution in [-0.2, 0) is 11.2 Å². The van der Waals surface area contributed by atoms with Gasteiger partial charge in [0.15, 0.2) is 0 Å². The highest BCUT2D eigenvalue weighted by molar-refractivity contribution is 5.86. The fraction of sp³-hybridized carbons (Fsp3) is 0.500. The Bertz CT molecular complexity index is 676. The normalized spacial score (nSPS) is 16.9. The van der Waals surface area contributed by atoms with Gasteiger partial charge in [-0.15, -0.1) is 12.4 Å². The van der Waals surface area contributed by atoms with Crippen molar-refractivity contribution in [3.8, 4) is 0 Å². The van der Waals surface area contributed by atoms with E-state index in [0.29, 0.717) is 17.8 Å². The summed E-state index contributed by atoms with van der Waals surface area (Å²) in [5.74, 6) is 0.565. The first-order valence-electron chi connectivity index (χ1n) is 8.10. The highest BCUT2D eigenvalue weighted by atomic mass is 35.5. The number of aromatic nitrogens is 1. The van der Waals surface area contributed by atoms with Crippen molar-refractivity contribution in [1.82, 2.24) is 10.3 Å². The maximum absolute atomic E-state index is 12.3. The molecule has 1 aromatic carbocycles. The number of nitrogens with two attached hydrogens (primary N) is 1. The van der Waals surface area contributed by atoms with E-state index in [4.69, 9.17) is 5.73 Å². The molecule has 0 spiro atoms. The molecule has 23 heavy (non-hydrogen) atoms. The van der Waals surface area contributed by atoms with Crippen LogP contribution in [0.15, 0.2) is 30.5 Å². The van der Waals surface area contributed by atoms with Gasteiger partial charge in [0.1, 0.15) is 0 Å². The third kappa shape index (κ3) is 3.70. The molecule has 4 nitrogen and oxygen atoms in total. The number of carbonyl (C=O) groups excluding carboxylic acids is 1. The maximum Gasteiger partial charge on any atom is 0.237 e. The molecule has 1 aliphatic rings. The van der Waals surface area contributed by atoms with E-state index in [1.807, 2.05) is 24.4 Å². The minimum absolute atomic E-state index is 0. The number of hydrogen-bond donors (Lipinski definition) is 3. The van der Waals surface area contributed by atoms with E-state index in [-0.39, 0.29) is 18.3 Å². The van der Waals surface area contributed by atoms with Crippen molar-refractivity contribution in [2.24, 2.45) is 17.1 Å². The summed E-state index contributed by atoms with van der Waals surface area (Å²) < 4.78 is 0. The van der Waals surface area contributed by atoms with Gasteiger partial charge in [-0.25, -0.2) is 0 Å². The van der Waals surface area contributed by atoms with E-state index < -0.39 is 6.04 Å². The highest BCUT2D eigenvalue weighted by Gasteiger charge is 2.45. The van der Waals surface area contributed by atoms with Crippen molar-refractivity contribution >= 4 is 29.2 Å². The molecule has 0 radical (unpaired) electrons. The van der Waals surface area contributed by atoms with Crippen LogP contribution in [0.2, 0.25) is 0 Å². The zero-order valence-corrected chi connectivity index (χ0v) is 14.6. The van der Waals surface area contributed by atoms with Crippen LogP contribution < -0.4 is 11.1 Å². The lowest BCUT2D eigenvalue weighted by Gasteiger charge is -2.21. The second kappa shape index (κ2) is 6.93. The van der Waals surface area contributed by atoms with E-state index in [2.05, 4.69) is 30.2 Å². The molecule has 1 fully saturated rings. The molecule has 0 bridgehead atoms. The second-order valence-electron chi connectivity index (χ2n) is 6.90. The number of carbonyl (C=O) groups is 1. The van der Waals surface area contributed by atoms with Gasteiger partial charge in [0.2, 0.25) is 5.91 Å². The van der Waals surface area contributed by atoms with Crippen molar-refractivity contribution in [3.05, 3.63) is 36.0 Å². The number of benzene rings is 1. The summed E-state index contributed by atoms with van der Waals surface area (Å²) in [4.78, 5) is 15.5. The summed E-state index contributed by atoms with van der Waals surface area (Å²) in [5, 5.41) is 4.20. The number of hydrogen-bond acceptors (Lipinski definition) is 2. The van der Waals surface area contributed by atoms with Crippen LogP contribution in [0.5, 0.6) is 0 Å². The molecule has 1 atom stereocenters. The van der Waals surface area contributed by atoms with Crippen LogP contribution in [0.25, 0.3) is 10.9 Å². The van der Waals surface area contributed by atoms with Crippen molar-refractivity contribution in [1.29, 1.82) is 0 Å². The first-order chi connectivity index (χ1) is 10.5. The van der Waals surface area contributed by atoms with Crippen molar-refractivity contribution < 1.29 is 4.79 Å². The van der Waals surface area contributed by atoms with Crippen LogP contribution in [0.4, 0.5) is 0 Å². The Balaban J connectivity index is 0.00000192. The molecule has 1 amide bonds. The number of para-hydroxylation sites is 1. The third-order valence-corrected chi connectivity index (χ3v) is 5.18. The smallest absolute Gasteiger partial charge is 0.237 e. The number of aromatic amines is 1. The van der Waals surface area contributed by atoms with Gasteiger partial charge in [-0.1, -0.05) is 32.0 Å². The predicted molar refractivity (Wildman–Crippen MR) is 96.7 cm³/mol. The molecule has 4 N–H and O–H groups in total. The lowest BCUT2D eigenvalue weighted by atomic mass is 9.92. The van der Waals surface area contributed by atoms with Gasteiger partial charge >= 0.3 is 0 Å². The summed E-state index contributed by atoms with van der Waals surface area (Å²) in [6, 6.07) is 7.59. The lowest BCUT2D eigenvalue weighted by molar-refractivity contribution is -0.122. The number of nitrogens with one attached hydrogen (secondary N) is 2. The Hall–Kier alpha value is -1.52. The van der Waals surface area contributed by atoms with Crippen LogP contribution in [0.3, 0.4) is 0 Å². The topological polar surface area (TPSA) is 70.9 Å². The van der Waals surface area contributed by atoms with E-state index in [9.17, 15) is 4.79 Å². The zero-order chi connectivity index (χ0) is 15.7. The molecular weight excluding hydrogens is 310 g/mol. The van der Waals surface area contributed by atoms with Crippen molar-refractivity contribution in [2.75, 3.05) is 6.54 Å². The molecule has 0 aliphatic heterocycles. The fourth-order valence-electron chi connectivity index (χ4n) is 3.14. The highest BCUT2D eigenvalue weighted by Crippen LogP contribution is 2.51. The molecular formula is C18H26ClN3O. The van der Waals surface area contributed by atoms with E-state index in [1.165, 1.54) is 12.8 Å². The fourth-order valence-corrected chi connectivity index (χ4v) is 3.14. The minimum atomic E-state index is -0.498. The summed E-state index contributed by atoms with van der Waals surface area (Å²) >= 11 is 0. The van der Waals surface area contributed by atoms with Gasteiger partial charge in [-0.2, -0.15) is 0 Å². The number of rotatable bonds is 6. The van der Waals surface area contributed by atoms with Gasteiger partial charge in [-0.3, -0.25) is 4.79 Å². The summed E-state index contributed by atoms with van der Waals surface area (Å²) in [6.07, 6.45) is 4.93. The summed E-state index contributed by atoms with van der Waals surface area (Å²) in [6.45, 7) is 5.21. The standard InChI is InChI=1S/C18H25N3O.ClH/c1-12(2)18(7-8-18)11-21-17(22)15(19)9-13-10-20-16-6-4-3-5-14(13)16;/h3-6,10,12,15,20H,7-9,11,19H2,1-2H3,(H,21,22);1H/t15-;/m0./s1. The average Bonchev–Trinajstić information content (AvgIpc) is 3.21.